The number of halogens is 2. The first-order valence-corrected chi connectivity index (χ1v) is 8.61. The van der Waals surface area contributed by atoms with Gasteiger partial charge in [-0.2, -0.15) is 0 Å². The average molecular weight is 358 g/mol. The number of hydrogen-bond acceptors (Lipinski definition) is 3. The number of amides is 1. The van der Waals surface area contributed by atoms with E-state index in [0.29, 0.717) is 5.92 Å². The number of esters is 1. The fourth-order valence-corrected chi connectivity index (χ4v) is 3.15. The number of carbonyl (C=O) groups excluding carboxylic acids is 2. The van der Waals surface area contributed by atoms with E-state index in [1.165, 1.54) is 12.5 Å². The molecular formula is C17H21Cl2NO3. The van der Waals surface area contributed by atoms with Crippen LogP contribution in [-0.2, 0) is 9.53 Å². The van der Waals surface area contributed by atoms with E-state index in [-0.39, 0.29) is 27.6 Å². The van der Waals surface area contributed by atoms with E-state index in [4.69, 9.17) is 27.9 Å². The summed E-state index contributed by atoms with van der Waals surface area (Å²) in [5.74, 6) is -0.495. The molecule has 4 nitrogen and oxygen atoms in total. The second kappa shape index (κ2) is 8.02. The van der Waals surface area contributed by atoms with Crippen molar-refractivity contribution in [3.8, 4) is 0 Å². The summed E-state index contributed by atoms with van der Waals surface area (Å²) in [6, 6.07) is 4.86. The van der Waals surface area contributed by atoms with E-state index >= 15 is 0 Å². The van der Waals surface area contributed by atoms with Crippen molar-refractivity contribution in [3.63, 3.8) is 0 Å². The van der Waals surface area contributed by atoms with Crippen LogP contribution in [0.2, 0.25) is 10.0 Å². The predicted octanol–water partition coefficient (Wildman–Crippen LogP) is 4.23. The van der Waals surface area contributed by atoms with Gasteiger partial charge in [-0.15, -0.1) is 0 Å². The lowest BCUT2D eigenvalue weighted by molar-refractivity contribution is -0.130. The van der Waals surface area contributed by atoms with Crippen molar-refractivity contribution in [2.24, 2.45) is 5.92 Å². The Morgan fingerprint density at radius 1 is 1.26 bits per heavy atom. The lowest BCUT2D eigenvalue weighted by atomic mass is 9.86. The molecule has 3 atom stereocenters. The van der Waals surface area contributed by atoms with Gasteiger partial charge >= 0.3 is 5.97 Å². The van der Waals surface area contributed by atoms with Crippen LogP contribution in [0.5, 0.6) is 0 Å². The van der Waals surface area contributed by atoms with Crippen molar-refractivity contribution in [2.75, 3.05) is 0 Å². The minimum atomic E-state index is -0.883. The summed E-state index contributed by atoms with van der Waals surface area (Å²) in [6.07, 6.45) is 3.50. The van der Waals surface area contributed by atoms with Crippen LogP contribution in [0.4, 0.5) is 0 Å². The molecule has 0 unspecified atom stereocenters. The van der Waals surface area contributed by atoms with Crippen LogP contribution in [0, 0.1) is 5.92 Å². The summed E-state index contributed by atoms with van der Waals surface area (Å²) in [5.41, 5.74) is 0.157. The maximum atomic E-state index is 12.2. The minimum Gasteiger partial charge on any atom is -0.449 e. The smallest absolute Gasteiger partial charge is 0.340 e. The number of hydrogen-bond donors (Lipinski definition) is 1. The highest BCUT2D eigenvalue weighted by Crippen LogP contribution is 2.26. The molecule has 1 aromatic rings. The van der Waals surface area contributed by atoms with Crippen molar-refractivity contribution in [1.29, 1.82) is 0 Å². The van der Waals surface area contributed by atoms with Gasteiger partial charge in [-0.3, -0.25) is 4.79 Å². The zero-order chi connectivity index (χ0) is 17.0. The molecule has 2 rings (SSSR count). The van der Waals surface area contributed by atoms with Crippen molar-refractivity contribution in [3.05, 3.63) is 33.8 Å². The molecule has 6 heteroatoms. The number of ether oxygens (including phenoxy) is 1. The van der Waals surface area contributed by atoms with E-state index in [1.54, 1.807) is 19.1 Å². The fraction of sp³-hybridized carbons (Fsp3) is 0.529. The Hall–Kier alpha value is -1.26. The van der Waals surface area contributed by atoms with Crippen LogP contribution in [-0.4, -0.2) is 24.0 Å². The number of benzene rings is 1. The van der Waals surface area contributed by atoms with Crippen molar-refractivity contribution in [1.82, 2.24) is 5.32 Å². The highest BCUT2D eigenvalue weighted by Gasteiger charge is 2.27. The molecule has 1 fully saturated rings. The Kier molecular flexibility index (Phi) is 6.31. The fourth-order valence-electron chi connectivity index (χ4n) is 2.77. The van der Waals surface area contributed by atoms with Gasteiger partial charge in [-0.25, -0.2) is 4.79 Å². The molecule has 1 aliphatic carbocycles. The zero-order valence-corrected chi connectivity index (χ0v) is 14.8. The standard InChI is InChI=1S/C17H21Cl2NO3/c1-10-6-3-4-9-14(10)20-16(21)11(2)23-17(22)12-7-5-8-13(18)15(12)19/h5,7-8,10-11,14H,3-4,6,9H2,1-2H3,(H,20,21)/t10-,11+,14+/m0/s1. The van der Waals surface area contributed by atoms with E-state index in [9.17, 15) is 9.59 Å². The summed E-state index contributed by atoms with van der Waals surface area (Å²) in [6.45, 7) is 3.69. The second-order valence-corrected chi connectivity index (χ2v) is 6.81. The maximum absolute atomic E-state index is 12.2. The van der Waals surface area contributed by atoms with Gasteiger partial charge in [0.05, 0.1) is 15.6 Å². The van der Waals surface area contributed by atoms with E-state index in [0.717, 1.165) is 19.3 Å². The Bertz CT molecular complexity index is 591. The molecule has 126 valence electrons. The van der Waals surface area contributed by atoms with Crippen LogP contribution >= 0.6 is 23.2 Å². The number of nitrogens with one attached hydrogen (secondary N) is 1. The average Bonchev–Trinajstić information content (AvgIpc) is 2.52. The molecule has 0 aliphatic heterocycles. The van der Waals surface area contributed by atoms with Crippen LogP contribution in [0.1, 0.15) is 49.9 Å². The highest BCUT2D eigenvalue weighted by molar-refractivity contribution is 6.43. The van der Waals surface area contributed by atoms with Gasteiger partial charge in [0.25, 0.3) is 5.91 Å². The maximum Gasteiger partial charge on any atom is 0.340 e. The summed E-state index contributed by atoms with van der Waals surface area (Å²) in [5, 5.41) is 3.38. The molecule has 1 aromatic carbocycles. The van der Waals surface area contributed by atoms with Crippen LogP contribution in [0.25, 0.3) is 0 Å². The van der Waals surface area contributed by atoms with E-state index in [2.05, 4.69) is 12.2 Å². The minimum absolute atomic E-state index is 0.132. The largest absolute Gasteiger partial charge is 0.449 e. The normalized spacial score (nSPS) is 22.3. The Balaban J connectivity index is 1.95. The first kappa shape index (κ1) is 18.1. The van der Waals surface area contributed by atoms with Gasteiger partial charge in [-0.1, -0.05) is 49.0 Å². The van der Waals surface area contributed by atoms with Crippen molar-refractivity contribution in [2.45, 2.75) is 51.7 Å². The third kappa shape index (κ3) is 4.61. The lowest BCUT2D eigenvalue weighted by Gasteiger charge is -2.30. The molecule has 1 aliphatic rings. The molecule has 0 bridgehead atoms. The van der Waals surface area contributed by atoms with Gasteiger partial charge in [0.15, 0.2) is 6.10 Å². The van der Waals surface area contributed by atoms with Gasteiger partial charge in [0.2, 0.25) is 0 Å². The molecule has 0 aromatic heterocycles. The van der Waals surface area contributed by atoms with Gasteiger partial charge in [0.1, 0.15) is 0 Å². The third-order valence-corrected chi connectivity index (χ3v) is 5.08. The summed E-state index contributed by atoms with van der Waals surface area (Å²) >= 11 is 11.9. The molecule has 0 radical (unpaired) electrons. The van der Waals surface area contributed by atoms with Crippen LogP contribution in [0.15, 0.2) is 18.2 Å². The van der Waals surface area contributed by atoms with E-state index in [1.807, 2.05) is 0 Å². The summed E-state index contributed by atoms with van der Waals surface area (Å²) in [7, 11) is 0. The first-order valence-electron chi connectivity index (χ1n) is 7.85. The highest BCUT2D eigenvalue weighted by atomic mass is 35.5. The summed E-state index contributed by atoms with van der Waals surface area (Å²) < 4.78 is 5.22. The molecule has 0 spiro atoms. The Morgan fingerprint density at radius 3 is 2.65 bits per heavy atom. The third-order valence-electron chi connectivity index (χ3n) is 4.26. The Labute approximate surface area is 146 Å². The van der Waals surface area contributed by atoms with Gasteiger partial charge in [-0.05, 0) is 37.8 Å². The molecule has 1 N–H and O–H groups in total. The first-order chi connectivity index (χ1) is 10.9. The van der Waals surface area contributed by atoms with Crippen molar-refractivity contribution >= 4 is 35.1 Å². The molecule has 0 heterocycles. The predicted molar refractivity (Wildman–Crippen MR) is 90.9 cm³/mol. The SMILES string of the molecule is C[C@@H](OC(=O)c1cccc(Cl)c1Cl)C(=O)N[C@@H]1CCCC[C@@H]1C. The molecule has 0 saturated heterocycles. The van der Waals surface area contributed by atoms with Crippen LogP contribution in [0.3, 0.4) is 0 Å². The molecule has 23 heavy (non-hydrogen) atoms. The lowest BCUT2D eigenvalue weighted by Crippen LogP contribution is -2.46. The summed E-state index contributed by atoms with van der Waals surface area (Å²) in [4.78, 5) is 24.4. The van der Waals surface area contributed by atoms with Gasteiger partial charge in [0, 0.05) is 6.04 Å². The van der Waals surface area contributed by atoms with E-state index < -0.39 is 12.1 Å². The second-order valence-electron chi connectivity index (χ2n) is 6.03. The monoisotopic (exact) mass is 357 g/mol. The number of rotatable bonds is 4. The van der Waals surface area contributed by atoms with Crippen molar-refractivity contribution < 1.29 is 14.3 Å². The zero-order valence-electron chi connectivity index (χ0n) is 13.3. The topological polar surface area (TPSA) is 55.4 Å². The molecule has 1 amide bonds. The number of carbonyl (C=O) groups is 2. The quantitative estimate of drug-likeness (QED) is 0.820. The molecule has 1 saturated carbocycles. The Morgan fingerprint density at radius 2 is 1.96 bits per heavy atom. The van der Waals surface area contributed by atoms with Crippen LogP contribution < -0.4 is 5.32 Å². The molecular weight excluding hydrogens is 337 g/mol. The van der Waals surface area contributed by atoms with Gasteiger partial charge < -0.3 is 10.1 Å².